The zero-order valence-electron chi connectivity index (χ0n) is 7.82. The Morgan fingerprint density at radius 3 is 2.77 bits per heavy atom. The molecule has 4 heteroatoms. The van der Waals surface area contributed by atoms with Gasteiger partial charge in [-0.1, -0.05) is 18.2 Å². The lowest BCUT2D eigenvalue weighted by molar-refractivity contribution is 0.664. The summed E-state index contributed by atoms with van der Waals surface area (Å²) < 4.78 is 0. The molecule has 0 saturated heterocycles. The Balaban J connectivity index is 2.84. The maximum Gasteiger partial charge on any atom is 0.124 e. The molecule has 4 N–H and O–H groups in total. The van der Waals surface area contributed by atoms with E-state index in [-0.39, 0.29) is 0 Å². The first-order valence-electron chi connectivity index (χ1n) is 4.10. The van der Waals surface area contributed by atoms with Gasteiger partial charge in [0.2, 0.25) is 0 Å². The first-order chi connectivity index (χ1) is 6.00. The highest BCUT2D eigenvalue weighted by atomic mass is 35.5. The maximum atomic E-state index is 5.88. The third-order valence-corrected chi connectivity index (χ3v) is 1.92. The van der Waals surface area contributed by atoms with Crippen molar-refractivity contribution >= 4 is 11.6 Å². The van der Waals surface area contributed by atoms with Gasteiger partial charge >= 0.3 is 0 Å². The predicted octanol–water partition coefficient (Wildman–Crippen LogP) is 1.35. The molecule has 0 fully saturated rings. The molecule has 1 rings (SSSR count). The molecule has 0 aromatic rings. The molecule has 0 aromatic carbocycles. The molecule has 0 radical (unpaired) electrons. The van der Waals surface area contributed by atoms with E-state index in [1.165, 1.54) is 0 Å². The molecule has 72 valence electrons. The second-order valence-corrected chi connectivity index (χ2v) is 3.63. The lowest BCUT2D eigenvalue weighted by Crippen LogP contribution is -2.32. The van der Waals surface area contributed by atoms with E-state index >= 15 is 0 Å². The second kappa shape index (κ2) is 3.75. The first-order valence-corrected chi connectivity index (χ1v) is 4.48. The number of hydrogen-bond donors (Lipinski definition) is 3. The smallest absolute Gasteiger partial charge is 0.124 e. The van der Waals surface area contributed by atoms with E-state index in [4.69, 9.17) is 17.3 Å². The van der Waals surface area contributed by atoms with Gasteiger partial charge in [-0.05, 0) is 19.9 Å². The third-order valence-electron chi connectivity index (χ3n) is 1.58. The predicted molar refractivity (Wildman–Crippen MR) is 55.7 cm³/mol. The van der Waals surface area contributed by atoms with Crippen LogP contribution in [-0.4, -0.2) is 6.04 Å². The Labute approximate surface area is 83.3 Å². The van der Waals surface area contributed by atoms with Gasteiger partial charge < -0.3 is 16.4 Å². The zero-order valence-corrected chi connectivity index (χ0v) is 8.57. The monoisotopic (exact) mass is 199 g/mol. The van der Waals surface area contributed by atoms with Crippen molar-refractivity contribution in [2.45, 2.75) is 19.9 Å². The molecule has 1 aliphatic rings. The molecule has 0 amide bonds. The van der Waals surface area contributed by atoms with Crippen LogP contribution in [0.25, 0.3) is 0 Å². The maximum absolute atomic E-state index is 5.88. The van der Waals surface area contributed by atoms with Crippen molar-refractivity contribution in [2.24, 2.45) is 5.73 Å². The zero-order chi connectivity index (χ0) is 10.0. The largest absolute Gasteiger partial charge is 0.384 e. The van der Waals surface area contributed by atoms with Gasteiger partial charge in [0.15, 0.2) is 0 Å². The summed E-state index contributed by atoms with van der Waals surface area (Å²) in [5, 5.41) is 6.64. The molecule has 0 atom stereocenters. The van der Waals surface area contributed by atoms with Crippen molar-refractivity contribution in [3.05, 3.63) is 34.9 Å². The van der Waals surface area contributed by atoms with Gasteiger partial charge in [0.25, 0.3) is 0 Å². The third kappa shape index (κ3) is 2.42. The lowest BCUT2D eigenvalue weighted by Gasteiger charge is -2.21. The second-order valence-electron chi connectivity index (χ2n) is 3.22. The number of hydrogen-bond acceptors (Lipinski definition) is 3. The highest BCUT2D eigenvalue weighted by Gasteiger charge is 2.12. The van der Waals surface area contributed by atoms with Gasteiger partial charge in [-0.3, -0.25) is 0 Å². The molecular weight excluding hydrogens is 186 g/mol. The van der Waals surface area contributed by atoms with Gasteiger partial charge in [0.1, 0.15) is 5.82 Å². The van der Waals surface area contributed by atoms with Gasteiger partial charge in [-0.15, -0.1) is 0 Å². The molecular formula is C9H14ClN3. The summed E-state index contributed by atoms with van der Waals surface area (Å²) in [7, 11) is 0. The van der Waals surface area contributed by atoms with Crippen molar-refractivity contribution < 1.29 is 0 Å². The molecule has 0 bridgehead atoms. The van der Waals surface area contributed by atoms with Gasteiger partial charge in [0, 0.05) is 6.04 Å². The highest BCUT2D eigenvalue weighted by molar-refractivity contribution is 6.32. The SMILES string of the molecule is C=C1NC(N)=C(NC(C)C)C=C1Cl. The quantitative estimate of drug-likeness (QED) is 0.630. The van der Waals surface area contributed by atoms with E-state index in [1.54, 1.807) is 6.08 Å². The number of halogens is 1. The van der Waals surface area contributed by atoms with E-state index in [2.05, 4.69) is 17.2 Å². The molecule has 0 aromatic heterocycles. The molecule has 0 saturated carbocycles. The van der Waals surface area contributed by atoms with Crippen LogP contribution in [-0.2, 0) is 0 Å². The van der Waals surface area contributed by atoms with Crippen molar-refractivity contribution in [2.75, 3.05) is 0 Å². The van der Waals surface area contributed by atoms with Gasteiger partial charge in [0.05, 0.1) is 16.4 Å². The van der Waals surface area contributed by atoms with Crippen LogP contribution in [0.15, 0.2) is 34.9 Å². The fraction of sp³-hybridized carbons (Fsp3) is 0.333. The Morgan fingerprint density at radius 1 is 1.62 bits per heavy atom. The summed E-state index contributed by atoms with van der Waals surface area (Å²) in [5.41, 5.74) is 7.17. The summed E-state index contributed by atoms with van der Waals surface area (Å²) in [5.74, 6) is 0.558. The van der Waals surface area contributed by atoms with E-state index in [9.17, 15) is 0 Å². The van der Waals surface area contributed by atoms with Crippen LogP contribution >= 0.6 is 11.6 Å². The average molecular weight is 200 g/mol. The summed E-state index contributed by atoms with van der Waals surface area (Å²) in [6.45, 7) is 7.77. The Bertz CT molecular complexity index is 289. The van der Waals surface area contributed by atoms with Gasteiger partial charge in [-0.2, -0.15) is 0 Å². The van der Waals surface area contributed by atoms with Crippen LogP contribution in [0.2, 0.25) is 0 Å². The van der Waals surface area contributed by atoms with Crippen LogP contribution in [0.1, 0.15) is 13.8 Å². The summed E-state index contributed by atoms with van der Waals surface area (Å²) in [6, 6.07) is 0.322. The van der Waals surface area contributed by atoms with E-state index in [0.717, 1.165) is 5.70 Å². The van der Waals surface area contributed by atoms with Crippen molar-refractivity contribution in [3.63, 3.8) is 0 Å². The number of dihydropyridines is 1. The van der Waals surface area contributed by atoms with Crippen LogP contribution in [0.3, 0.4) is 0 Å². The number of rotatable bonds is 2. The van der Waals surface area contributed by atoms with Crippen LogP contribution in [0.4, 0.5) is 0 Å². The first kappa shape index (κ1) is 9.99. The van der Waals surface area contributed by atoms with Crippen molar-refractivity contribution in [1.29, 1.82) is 0 Å². The van der Waals surface area contributed by atoms with Crippen LogP contribution in [0.5, 0.6) is 0 Å². The van der Waals surface area contributed by atoms with Crippen molar-refractivity contribution in [1.82, 2.24) is 10.6 Å². The number of nitrogens with one attached hydrogen (secondary N) is 2. The fourth-order valence-corrected chi connectivity index (χ4v) is 1.17. The average Bonchev–Trinajstić information content (AvgIpc) is 1.99. The fourth-order valence-electron chi connectivity index (χ4n) is 1.01. The molecule has 0 unspecified atom stereocenters. The topological polar surface area (TPSA) is 50.1 Å². The minimum atomic E-state index is 0.322. The van der Waals surface area contributed by atoms with Crippen molar-refractivity contribution in [3.8, 4) is 0 Å². The normalized spacial score (nSPS) is 17.2. The molecule has 13 heavy (non-hydrogen) atoms. The minimum absolute atomic E-state index is 0.322. The minimum Gasteiger partial charge on any atom is -0.384 e. The number of nitrogens with two attached hydrogens (primary N) is 1. The molecule has 3 nitrogen and oxygen atoms in total. The van der Waals surface area contributed by atoms with E-state index < -0.39 is 0 Å². The number of allylic oxidation sites excluding steroid dienone is 2. The summed E-state index contributed by atoms with van der Waals surface area (Å²) in [4.78, 5) is 0. The standard InChI is InChI=1S/C9H14ClN3/c1-5(2)12-8-4-7(10)6(3)13-9(8)11/h4-5,12-13H,3,11H2,1-2H3. The van der Waals surface area contributed by atoms with E-state index in [1.807, 2.05) is 13.8 Å². The van der Waals surface area contributed by atoms with Crippen LogP contribution < -0.4 is 16.4 Å². The highest BCUT2D eigenvalue weighted by Crippen LogP contribution is 2.18. The summed E-state index contributed by atoms with van der Waals surface area (Å²) in [6.07, 6.45) is 1.77. The summed E-state index contributed by atoms with van der Waals surface area (Å²) >= 11 is 5.88. The van der Waals surface area contributed by atoms with Gasteiger partial charge in [-0.25, -0.2) is 0 Å². The molecule has 1 aliphatic heterocycles. The molecule has 1 heterocycles. The Hall–Kier alpha value is -1.09. The van der Waals surface area contributed by atoms with E-state index in [0.29, 0.717) is 22.6 Å². The molecule has 0 aliphatic carbocycles. The lowest BCUT2D eigenvalue weighted by atomic mass is 10.2. The molecule has 0 spiro atoms. The van der Waals surface area contributed by atoms with Crippen LogP contribution in [0, 0.1) is 0 Å². The Kier molecular flexibility index (Phi) is 2.88. The Morgan fingerprint density at radius 2 is 2.23 bits per heavy atom.